The van der Waals surface area contributed by atoms with Crippen LogP contribution in [0.1, 0.15) is 97.3 Å². The number of rotatable bonds is 38. The van der Waals surface area contributed by atoms with E-state index in [2.05, 4.69) is 48.0 Å². The standard InChI is InChI=1S/C35H76N6O6P2.6ClH/c1-3-5-7-9-11-13-30-44-48(42,34-28-40(24-15-20-36)25-16-21-37)46-32-19-33-47-49(43,45-31-14-12-10-8-6-4-2)35-29-41(26-17-22-38)27-18-23-39;;;;;;/h9-12H,3-8,13-39H2,1-2H3;6*1H/b11-9-,12-10-;;;;;;. The highest BCUT2D eigenvalue weighted by Crippen LogP contribution is 2.50. The molecule has 0 rings (SSSR count). The maximum absolute atomic E-state index is 13.9. The van der Waals surface area contributed by atoms with Gasteiger partial charge in [-0.05, 0) is 110 Å². The van der Waals surface area contributed by atoms with E-state index in [0.717, 1.165) is 90.4 Å². The molecule has 0 aliphatic carbocycles. The zero-order valence-electron chi connectivity index (χ0n) is 33.8. The third-order valence-corrected chi connectivity index (χ3v) is 11.7. The summed E-state index contributed by atoms with van der Waals surface area (Å²) >= 11 is 0. The first-order valence-corrected chi connectivity index (χ1v) is 22.6. The Kier molecular flexibility index (Phi) is 66.2. The Labute approximate surface area is 373 Å². The van der Waals surface area contributed by atoms with Crippen molar-refractivity contribution in [2.75, 3.05) is 104 Å². The minimum atomic E-state index is -3.39. The smallest absolute Gasteiger partial charge is 0.330 e. The molecular weight excluding hydrogens is 875 g/mol. The Morgan fingerprint density at radius 2 is 0.709 bits per heavy atom. The second kappa shape index (κ2) is 51.4. The topological polar surface area (TPSA) is 182 Å². The molecule has 0 aromatic carbocycles. The Bertz CT molecular complexity index is 829. The summed E-state index contributed by atoms with van der Waals surface area (Å²) in [6, 6.07) is 0. The number of nitrogens with two attached hydrogens (primary N) is 4. The Morgan fingerprint density at radius 1 is 0.418 bits per heavy atom. The van der Waals surface area contributed by atoms with Crippen LogP contribution < -0.4 is 22.9 Å². The van der Waals surface area contributed by atoms with Crippen molar-refractivity contribution >= 4 is 89.6 Å². The molecule has 0 spiro atoms. The fraction of sp³-hybridized carbons (Fsp3) is 0.886. The molecule has 0 heterocycles. The van der Waals surface area contributed by atoms with Gasteiger partial charge in [0.05, 0.1) is 38.8 Å². The van der Waals surface area contributed by atoms with E-state index in [4.69, 9.17) is 41.0 Å². The first-order chi connectivity index (χ1) is 23.8. The predicted octanol–water partition coefficient (Wildman–Crippen LogP) is 8.63. The summed E-state index contributed by atoms with van der Waals surface area (Å²) in [6.07, 6.45) is 20.8. The van der Waals surface area contributed by atoms with E-state index in [1.807, 2.05) is 0 Å². The van der Waals surface area contributed by atoms with Crippen LogP contribution in [0.15, 0.2) is 24.3 Å². The Hall–Kier alpha value is 1.28. The molecule has 2 unspecified atom stereocenters. The molecule has 0 radical (unpaired) electrons. The van der Waals surface area contributed by atoms with Gasteiger partial charge in [0.25, 0.3) is 0 Å². The molecule has 0 aliphatic heterocycles. The van der Waals surface area contributed by atoms with Crippen molar-refractivity contribution in [1.82, 2.24) is 9.80 Å². The van der Waals surface area contributed by atoms with Crippen LogP contribution in [-0.4, -0.2) is 114 Å². The van der Waals surface area contributed by atoms with E-state index in [9.17, 15) is 9.13 Å². The summed E-state index contributed by atoms with van der Waals surface area (Å²) in [6.45, 7) is 12.1. The lowest BCUT2D eigenvalue weighted by atomic mass is 10.2. The molecule has 340 valence electrons. The molecule has 0 saturated carbocycles. The highest BCUT2D eigenvalue weighted by molar-refractivity contribution is 7.54. The fourth-order valence-corrected chi connectivity index (χ4v) is 8.19. The third kappa shape index (κ3) is 44.7. The highest BCUT2D eigenvalue weighted by Gasteiger charge is 2.27. The van der Waals surface area contributed by atoms with Crippen LogP contribution in [0.2, 0.25) is 0 Å². The highest BCUT2D eigenvalue weighted by atomic mass is 35.5. The van der Waals surface area contributed by atoms with Gasteiger partial charge in [0.2, 0.25) is 0 Å². The summed E-state index contributed by atoms with van der Waals surface area (Å²) in [5.74, 6) is 0. The Balaban J connectivity index is -0.000000768. The second-order valence-electron chi connectivity index (χ2n) is 12.4. The van der Waals surface area contributed by atoms with E-state index < -0.39 is 15.2 Å². The maximum atomic E-state index is 13.9. The van der Waals surface area contributed by atoms with Crippen molar-refractivity contribution in [3.05, 3.63) is 24.3 Å². The van der Waals surface area contributed by atoms with Gasteiger partial charge >= 0.3 is 15.2 Å². The SMILES string of the molecule is CCCC/C=C\CCOP(=O)(CCN(CCCN)CCCN)OCCCOP(=O)(CCN(CCCN)CCCN)OCC/C=C\CCCC.Cl.Cl.Cl.Cl.Cl.Cl. The van der Waals surface area contributed by atoms with Gasteiger partial charge in [0.1, 0.15) is 0 Å². The molecule has 0 saturated heterocycles. The van der Waals surface area contributed by atoms with E-state index >= 15 is 0 Å². The van der Waals surface area contributed by atoms with Crippen molar-refractivity contribution in [3.63, 3.8) is 0 Å². The lowest BCUT2D eigenvalue weighted by Gasteiger charge is -2.26. The molecule has 20 heteroatoms. The molecule has 0 aromatic heterocycles. The van der Waals surface area contributed by atoms with Crippen LogP contribution >= 0.6 is 89.6 Å². The first kappa shape index (κ1) is 70.8. The van der Waals surface area contributed by atoms with E-state index in [1.54, 1.807) is 0 Å². The number of hydrogen-bond donors (Lipinski definition) is 4. The van der Waals surface area contributed by atoms with Gasteiger partial charge < -0.3 is 50.8 Å². The molecule has 0 aromatic rings. The van der Waals surface area contributed by atoms with Crippen LogP contribution in [0.3, 0.4) is 0 Å². The van der Waals surface area contributed by atoms with Crippen LogP contribution in [0.4, 0.5) is 0 Å². The molecule has 0 bridgehead atoms. The van der Waals surface area contributed by atoms with Gasteiger partial charge in [-0.15, -0.1) is 74.4 Å². The minimum Gasteiger partial charge on any atom is -0.330 e. The summed E-state index contributed by atoms with van der Waals surface area (Å²) in [7, 11) is -6.78. The molecule has 0 fully saturated rings. The first-order valence-electron chi connectivity index (χ1n) is 19.1. The molecule has 0 aliphatic rings. The zero-order valence-corrected chi connectivity index (χ0v) is 40.5. The number of nitrogens with zero attached hydrogens (tertiary/aromatic N) is 2. The largest absolute Gasteiger partial charge is 0.331 e. The van der Waals surface area contributed by atoms with Crippen LogP contribution in [0.25, 0.3) is 0 Å². The normalized spacial score (nSPS) is 13.2. The average molecular weight is 958 g/mol. The number of allylic oxidation sites excluding steroid dienone is 2. The third-order valence-electron chi connectivity index (χ3n) is 7.89. The lowest BCUT2D eigenvalue weighted by Crippen LogP contribution is -2.31. The summed E-state index contributed by atoms with van der Waals surface area (Å²) in [5.41, 5.74) is 23.0. The van der Waals surface area contributed by atoms with Crippen molar-refractivity contribution < 1.29 is 27.2 Å². The maximum Gasteiger partial charge on any atom is 0.331 e. The van der Waals surface area contributed by atoms with Crippen LogP contribution in [0.5, 0.6) is 0 Å². The van der Waals surface area contributed by atoms with Crippen LogP contribution in [-0.2, 0) is 27.2 Å². The van der Waals surface area contributed by atoms with Gasteiger partial charge in [0, 0.05) is 13.1 Å². The fourth-order valence-electron chi connectivity index (χ4n) is 4.89. The van der Waals surface area contributed by atoms with Crippen molar-refractivity contribution in [1.29, 1.82) is 0 Å². The second-order valence-corrected chi connectivity index (χ2v) is 16.8. The summed E-state index contributed by atoms with van der Waals surface area (Å²) in [4.78, 5) is 4.45. The van der Waals surface area contributed by atoms with Gasteiger partial charge in [-0.2, -0.15) is 0 Å². The van der Waals surface area contributed by atoms with Crippen molar-refractivity contribution in [2.45, 2.75) is 97.3 Å². The zero-order chi connectivity index (χ0) is 36.3. The predicted molar refractivity (Wildman–Crippen MR) is 251 cm³/mol. The van der Waals surface area contributed by atoms with E-state index in [-0.39, 0.29) is 100.0 Å². The summed E-state index contributed by atoms with van der Waals surface area (Å²) in [5, 5.41) is 0. The molecule has 55 heavy (non-hydrogen) atoms. The van der Waals surface area contributed by atoms with Crippen molar-refractivity contribution in [2.24, 2.45) is 22.9 Å². The van der Waals surface area contributed by atoms with Gasteiger partial charge in [-0.3, -0.25) is 9.13 Å². The molecule has 0 amide bonds. The van der Waals surface area contributed by atoms with E-state index in [0.29, 0.717) is 71.7 Å². The van der Waals surface area contributed by atoms with Crippen molar-refractivity contribution in [3.8, 4) is 0 Å². The minimum absolute atomic E-state index is 0. The summed E-state index contributed by atoms with van der Waals surface area (Å²) < 4.78 is 51.6. The Morgan fingerprint density at radius 3 is 1.00 bits per heavy atom. The average Bonchev–Trinajstić information content (AvgIpc) is 3.10. The number of halogens is 6. The quantitative estimate of drug-likeness (QED) is 0.0263. The van der Waals surface area contributed by atoms with Gasteiger partial charge in [-0.25, -0.2) is 0 Å². The molecule has 2 atom stereocenters. The van der Waals surface area contributed by atoms with Gasteiger partial charge in [-0.1, -0.05) is 63.8 Å². The molecule has 8 N–H and O–H groups in total. The molecule has 12 nitrogen and oxygen atoms in total. The molecular formula is C35H82Cl6N6O6P2. The lowest BCUT2D eigenvalue weighted by molar-refractivity contribution is 0.169. The van der Waals surface area contributed by atoms with Crippen LogP contribution in [0, 0.1) is 0 Å². The number of hydrogen-bond acceptors (Lipinski definition) is 12. The van der Waals surface area contributed by atoms with E-state index in [1.165, 1.54) is 0 Å². The number of unbranched alkanes of at least 4 members (excludes halogenated alkanes) is 4. The van der Waals surface area contributed by atoms with Gasteiger partial charge in [0.15, 0.2) is 0 Å². The monoisotopic (exact) mass is 954 g/mol.